The Labute approximate surface area is 138 Å². The molecule has 2 aliphatic rings. The molecule has 1 N–H and O–H groups in total. The number of fused-ring (bicyclic) bond motifs is 1. The molecule has 1 saturated heterocycles. The maximum Gasteiger partial charge on any atom is 0.150 e. The molecule has 23 heavy (non-hydrogen) atoms. The summed E-state index contributed by atoms with van der Waals surface area (Å²) < 4.78 is 34.6. The summed E-state index contributed by atoms with van der Waals surface area (Å²) in [5, 5.41) is 3.38. The van der Waals surface area contributed by atoms with E-state index in [9.17, 15) is 8.42 Å². The van der Waals surface area contributed by atoms with Crippen molar-refractivity contribution in [1.82, 2.24) is 5.32 Å². The van der Waals surface area contributed by atoms with Crippen LogP contribution >= 0.6 is 0 Å². The van der Waals surface area contributed by atoms with E-state index >= 15 is 0 Å². The van der Waals surface area contributed by atoms with Gasteiger partial charge in [0.25, 0.3) is 0 Å². The maximum absolute atomic E-state index is 11.5. The standard InChI is InChI=1S/C17H25NO4S/c1-3-21-16-7-14-6-12(2)22-17(14)8-15(16)10-18-9-13-4-5-23(19,20)11-13/h7-8,12-13,18H,3-6,9-11H2,1-2H3/t12-,13+/m1/s1. The fourth-order valence-corrected chi connectivity index (χ4v) is 5.22. The number of nitrogens with one attached hydrogen (secondary N) is 1. The van der Waals surface area contributed by atoms with E-state index < -0.39 is 9.84 Å². The van der Waals surface area contributed by atoms with Gasteiger partial charge in [-0.3, -0.25) is 0 Å². The highest BCUT2D eigenvalue weighted by molar-refractivity contribution is 7.91. The Hall–Kier alpha value is -1.27. The SMILES string of the molecule is CCOc1cc2c(cc1CNC[C@@H]1CCS(=O)(=O)C1)O[C@H](C)C2. The van der Waals surface area contributed by atoms with Crippen molar-refractivity contribution in [3.63, 3.8) is 0 Å². The Morgan fingerprint density at radius 2 is 2.22 bits per heavy atom. The highest BCUT2D eigenvalue weighted by Crippen LogP contribution is 2.35. The summed E-state index contributed by atoms with van der Waals surface area (Å²) in [6.07, 6.45) is 1.90. The van der Waals surface area contributed by atoms with Crippen LogP contribution in [0.3, 0.4) is 0 Å². The van der Waals surface area contributed by atoms with E-state index in [-0.39, 0.29) is 12.0 Å². The molecule has 1 aromatic carbocycles. The van der Waals surface area contributed by atoms with E-state index in [0.29, 0.717) is 24.7 Å². The minimum absolute atomic E-state index is 0.214. The van der Waals surface area contributed by atoms with E-state index in [1.54, 1.807) is 0 Å². The predicted octanol–water partition coefficient (Wildman–Crippen LogP) is 1.93. The van der Waals surface area contributed by atoms with Gasteiger partial charge in [0.15, 0.2) is 9.84 Å². The summed E-state index contributed by atoms with van der Waals surface area (Å²) in [5.74, 6) is 2.70. The minimum Gasteiger partial charge on any atom is -0.494 e. The lowest BCUT2D eigenvalue weighted by atomic mass is 10.1. The molecule has 2 atom stereocenters. The zero-order valence-corrected chi connectivity index (χ0v) is 14.6. The van der Waals surface area contributed by atoms with Crippen LogP contribution in [0.2, 0.25) is 0 Å². The van der Waals surface area contributed by atoms with E-state index in [1.165, 1.54) is 5.56 Å². The monoisotopic (exact) mass is 339 g/mol. The van der Waals surface area contributed by atoms with Gasteiger partial charge in [-0.2, -0.15) is 0 Å². The first kappa shape index (κ1) is 16.6. The summed E-state index contributed by atoms with van der Waals surface area (Å²) in [4.78, 5) is 0. The van der Waals surface area contributed by atoms with Gasteiger partial charge in [0.1, 0.15) is 17.6 Å². The van der Waals surface area contributed by atoms with E-state index in [1.807, 2.05) is 6.92 Å². The van der Waals surface area contributed by atoms with E-state index in [0.717, 1.165) is 36.4 Å². The summed E-state index contributed by atoms with van der Waals surface area (Å²) in [6, 6.07) is 4.14. The lowest BCUT2D eigenvalue weighted by Gasteiger charge is -2.14. The Balaban J connectivity index is 1.64. The van der Waals surface area contributed by atoms with Gasteiger partial charge in [0, 0.05) is 24.1 Å². The molecule has 128 valence electrons. The number of rotatable bonds is 6. The fourth-order valence-electron chi connectivity index (χ4n) is 3.35. The van der Waals surface area contributed by atoms with Gasteiger partial charge in [-0.25, -0.2) is 8.42 Å². The molecule has 0 spiro atoms. The molecule has 3 rings (SSSR count). The van der Waals surface area contributed by atoms with Crippen LogP contribution in [-0.2, 0) is 22.8 Å². The zero-order chi connectivity index (χ0) is 16.4. The van der Waals surface area contributed by atoms with Crippen molar-refractivity contribution in [2.45, 2.75) is 39.3 Å². The third-order valence-corrected chi connectivity index (χ3v) is 6.29. The van der Waals surface area contributed by atoms with E-state index in [2.05, 4.69) is 24.4 Å². The molecule has 0 amide bonds. The van der Waals surface area contributed by atoms with Crippen LogP contribution in [0.5, 0.6) is 11.5 Å². The zero-order valence-electron chi connectivity index (χ0n) is 13.8. The van der Waals surface area contributed by atoms with Crippen molar-refractivity contribution in [2.24, 2.45) is 5.92 Å². The summed E-state index contributed by atoms with van der Waals surface area (Å²) in [7, 11) is -2.81. The molecule has 1 fully saturated rings. The van der Waals surface area contributed by atoms with Crippen LogP contribution in [0.1, 0.15) is 31.4 Å². The molecule has 2 heterocycles. The van der Waals surface area contributed by atoms with Gasteiger partial charge in [0.2, 0.25) is 0 Å². The molecule has 1 aromatic rings. The molecule has 0 radical (unpaired) electrons. The number of hydrogen-bond donors (Lipinski definition) is 1. The molecule has 0 unspecified atom stereocenters. The first-order valence-corrected chi connectivity index (χ1v) is 10.2. The van der Waals surface area contributed by atoms with Crippen molar-refractivity contribution >= 4 is 9.84 Å². The van der Waals surface area contributed by atoms with Gasteiger partial charge in [-0.15, -0.1) is 0 Å². The molecule has 5 nitrogen and oxygen atoms in total. The average molecular weight is 339 g/mol. The molecule has 0 aromatic heterocycles. The second kappa shape index (κ2) is 6.69. The minimum atomic E-state index is -2.81. The fraction of sp³-hybridized carbons (Fsp3) is 0.647. The number of sulfone groups is 1. The quantitative estimate of drug-likeness (QED) is 0.858. The van der Waals surface area contributed by atoms with Crippen LogP contribution in [0.25, 0.3) is 0 Å². The van der Waals surface area contributed by atoms with Gasteiger partial charge in [-0.1, -0.05) is 0 Å². The molecular weight excluding hydrogens is 314 g/mol. The average Bonchev–Trinajstić information content (AvgIpc) is 3.00. The predicted molar refractivity (Wildman–Crippen MR) is 89.9 cm³/mol. The van der Waals surface area contributed by atoms with Crippen molar-refractivity contribution < 1.29 is 17.9 Å². The largest absolute Gasteiger partial charge is 0.494 e. The summed E-state index contributed by atoms with van der Waals surface area (Å²) in [6.45, 7) is 6.06. The Kier molecular flexibility index (Phi) is 4.82. The van der Waals surface area contributed by atoms with Crippen molar-refractivity contribution in [1.29, 1.82) is 0 Å². The second-order valence-corrected chi connectivity index (χ2v) is 8.76. The van der Waals surface area contributed by atoms with Crippen LogP contribution in [0.15, 0.2) is 12.1 Å². The number of benzene rings is 1. The maximum atomic E-state index is 11.5. The molecule has 0 saturated carbocycles. The second-order valence-electron chi connectivity index (χ2n) is 6.53. The number of hydrogen-bond acceptors (Lipinski definition) is 5. The highest BCUT2D eigenvalue weighted by Gasteiger charge is 2.27. The Morgan fingerprint density at radius 3 is 2.91 bits per heavy atom. The molecule has 0 aliphatic carbocycles. The number of ether oxygens (including phenoxy) is 2. The van der Waals surface area contributed by atoms with Gasteiger partial charge >= 0.3 is 0 Å². The van der Waals surface area contributed by atoms with Gasteiger partial charge in [0.05, 0.1) is 18.1 Å². The van der Waals surface area contributed by atoms with Crippen molar-refractivity contribution in [3.8, 4) is 11.5 Å². The lowest BCUT2D eigenvalue weighted by molar-refractivity contribution is 0.254. The molecule has 6 heteroatoms. The summed E-state index contributed by atoms with van der Waals surface area (Å²) in [5.41, 5.74) is 2.27. The molecular formula is C17H25NO4S. The molecule has 0 bridgehead atoms. The molecule has 2 aliphatic heterocycles. The van der Waals surface area contributed by atoms with E-state index in [4.69, 9.17) is 9.47 Å². The van der Waals surface area contributed by atoms with Gasteiger partial charge < -0.3 is 14.8 Å². The third kappa shape index (κ3) is 3.98. The van der Waals surface area contributed by atoms with Crippen LogP contribution in [-0.4, -0.2) is 39.2 Å². The van der Waals surface area contributed by atoms with Crippen LogP contribution in [0.4, 0.5) is 0 Å². The van der Waals surface area contributed by atoms with Crippen LogP contribution < -0.4 is 14.8 Å². The topological polar surface area (TPSA) is 64.6 Å². The van der Waals surface area contributed by atoms with Crippen molar-refractivity contribution in [3.05, 3.63) is 23.3 Å². The Bertz CT molecular complexity index is 671. The van der Waals surface area contributed by atoms with Crippen molar-refractivity contribution in [2.75, 3.05) is 24.7 Å². The van der Waals surface area contributed by atoms with Gasteiger partial charge in [-0.05, 0) is 44.9 Å². The lowest BCUT2D eigenvalue weighted by Crippen LogP contribution is -2.23. The third-order valence-electron chi connectivity index (χ3n) is 4.45. The first-order chi connectivity index (χ1) is 11.0. The normalized spacial score (nSPS) is 25.1. The van der Waals surface area contributed by atoms with Crippen LogP contribution in [0, 0.1) is 5.92 Å². The first-order valence-electron chi connectivity index (χ1n) is 8.33. The highest BCUT2D eigenvalue weighted by atomic mass is 32.2. The Morgan fingerprint density at radius 1 is 1.39 bits per heavy atom. The summed E-state index contributed by atoms with van der Waals surface area (Å²) >= 11 is 0. The smallest absolute Gasteiger partial charge is 0.150 e.